The summed E-state index contributed by atoms with van der Waals surface area (Å²) in [5.74, 6) is 1.81. The predicted molar refractivity (Wildman–Crippen MR) is 49.2 cm³/mol. The van der Waals surface area contributed by atoms with Gasteiger partial charge in [0.25, 0.3) is 0 Å². The summed E-state index contributed by atoms with van der Waals surface area (Å²) in [4.78, 5) is 10.9. The Labute approximate surface area is 77.8 Å². The standard InChI is InChI=1S/C10H13ClO/c1-6(12)4-9-7-2-3-8(5-7)10(9)11/h2-3,7-10H,4-5H2,1H3. The Balaban J connectivity index is 2.08. The minimum Gasteiger partial charge on any atom is -0.300 e. The van der Waals surface area contributed by atoms with Gasteiger partial charge in [-0.25, -0.2) is 0 Å². The molecule has 1 nitrogen and oxygen atoms in total. The monoisotopic (exact) mass is 184 g/mol. The molecule has 66 valence electrons. The zero-order valence-electron chi connectivity index (χ0n) is 7.16. The number of ketones is 1. The Morgan fingerprint density at radius 2 is 2.17 bits per heavy atom. The van der Waals surface area contributed by atoms with Crippen molar-refractivity contribution in [3.05, 3.63) is 12.2 Å². The fraction of sp³-hybridized carbons (Fsp3) is 0.700. The molecule has 1 saturated carbocycles. The average molecular weight is 185 g/mol. The Morgan fingerprint density at radius 1 is 1.50 bits per heavy atom. The fourth-order valence-corrected chi connectivity index (χ4v) is 2.92. The fourth-order valence-electron chi connectivity index (χ4n) is 2.46. The van der Waals surface area contributed by atoms with Gasteiger partial charge in [-0.3, -0.25) is 0 Å². The molecular formula is C10H13ClO. The highest BCUT2D eigenvalue weighted by Gasteiger charge is 2.43. The van der Waals surface area contributed by atoms with Crippen LogP contribution in [0, 0.1) is 17.8 Å². The summed E-state index contributed by atoms with van der Waals surface area (Å²) in [5.41, 5.74) is 0. The van der Waals surface area contributed by atoms with Crippen molar-refractivity contribution in [2.45, 2.75) is 25.1 Å². The van der Waals surface area contributed by atoms with Crippen molar-refractivity contribution >= 4 is 17.4 Å². The molecule has 0 aromatic heterocycles. The molecule has 0 heterocycles. The van der Waals surface area contributed by atoms with Crippen LogP contribution in [0.15, 0.2) is 12.2 Å². The quantitative estimate of drug-likeness (QED) is 0.476. The van der Waals surface area contributed by atoms with Gasteiger partial charge in [0.15, 0.2) is 0 Å². The summed E-state index contributed by atoms with van der Waals surface area (Å²) in [6, 6.07) is 0. The van der Waals surface area contributed by atoms with Crippen LogP contribution in [0.3, 0.4) is 0 Å². The van der Waals surface area contributed by atoms with E-state index in [4.69, 9.17) is 11.6 Å². The zero-order valence-corrected chi connectivity index (χ0v) is 7.92. The summed E-state index contributed by atoms with van der Waals surface area (Å²) in [6.07, 6.45) is 6.28. The third-order valence-corrected chi connectivity index (χ3v) is 3.69. The van der Waals surface area contributed by atoms with Crippen molar-refractivity contribution in [2.24, 2.45) is 17.8 Å². The molecular weight excluding hydrogens is 172 g/mol. The molecule has 1 fully saturated rings. The number of carbonyl (C=O) groups is 1. The van der Waals surface area contributed by atoms with Crippen molar-refractivity contribution in [3.8, 4) is 0 Å². The number of hydrogen-bond donors (Lipinski definition) is 0. The highest BCUT2D eigenvalue weighted by Crippen LogP contribution is 2.47. The third kappa shape index (κ3) is 1.20. The van der Waals surface area contributed by atoms with Crippen molar-refractivity contribution in [2.75, 3.05) is 0 Å². The van der Waals surface area contributed by atoms with Crippen molar-refractivity contribution in [1.29, 1.82) is 0 Å². The van der Waals surface area contributed by atoms with E-state index in [1.807, 2.05) is 0 Å². The number of alkyl halides is 1. The van der Waals surface area contributed by atoms with Crippen molar-refractivity contribution < 1.29 is 4.79 Å². The van der Waals surface area contributed by atoms with E-state index in [0.29, 0.717) is 24.2 Å². The van der Waals surface area contributed by atoms with Gasteiger partial charge in [-0.15, -0.1) is 11.6 Å². The molecule has 0 spiro atoms. The van der Waals surface area contributed by atoms with E-state index in [2.05, 4.69) is 12.2 Å². The normalized spacial score (nSPS) is 43.8. The molecule has 2 rings (SSSR count). The van der Waals surface area contributed by atoms with Crippen molar-refractivity contribution in [1.82, 2.24) is 0 Å². The second-order valence-corrected chi connectivity index (χ2v) is 4.47. The number of rotatable bonds is 2. The van der Waals surface area contributed by atoms with E-state index in [-0.39, 0.29) is 11.2 Å². The second-order valence-electron chi connectivity index (χ2n) is 3.96. The van der Waals surface area contributed by atoms with E-state index < -0.39 is 0 Å². The van der Waals surface area contributed by atoms with Crippen LogP contribution >= 0.6 is 11.6 Å². The van der Waals surface area contributed by atoms with Gasteiger partial charge in [0.2, 0.25) is 0 Å². The molecule has 2 heteroatoms. The Bertz CT molecular complexity index is 234. The van der Waals surface area contributed by atoms with Gasteiger partial charge in [-0.1, -0.05) is 12.2 Å². The number of Topliss-reactive ketones (excluding diaryl/α,β-unsaturated/α-hetero) is 1. The first-order valence-electron chi connectivity index (χ1n) is 4.50. The van der Waals surface area contributed by atoms with E-state index in [1.54, 1.807) is 6.92 Å². The maximum atomic E-state index is 10.9. The molecule has 4 unspecified atom stereocenters. The van der Waals surface area contributed by atoms with E-state index in [9.17, 15) is 4.79 Å². The lowest BCUT2D eigenvalue weighted by Gasteiger charge is -2.21. The molecule has 12 heavy (non-hydrogen) atoms. The number of allylic oxidation sites excluding steroid dienone is 2. The number of hydrogen-bond acceptors (Lipinski definition) is 1. The topological polar surface area (TPSA) is 17.1 Å². The maximum Gasteiger partial charge on any atom is 0.130 e. The Hall–Kier alpha value is -0.300. The molecule has 2 bridgehead atoms. The molecule has 0 aromatic carbocycles. The first kappa shape index (κ1) is 8.31. The number of carbonyl (C=O) groups excluding carboxylic acids is 1. The summed E-state index contributed by atoms with van der Waals surface area (Å²) in [7, 11) is 0. The van der Waals surface area contributed by atoms with Crippen LogP contribution < -0.4 is 0 Å². The smallest absolute Gasteiger partial charge is 0.130 e. The van der Waals surface area contributed by atoms with Gasteiger partial charge in [0, 0.05) is 11.8 Å². The summed E-state index contributed by atoms with van der Waals surface area (Å²) < 4.78 is 0. The van der Waals surface area contributed by atoms with Crippen LogP contribution in [0.2, 0.25) is 0 Å². The SMILES string of the molecule is CC(=O)CC1C2C=CC(C2)C1Cl. The molecule has 0 radical (unpaired) electrons. The summed E-state index contributed by atoms with van der Waals surface area (Å²) in [6.45, 7) is 1.65. The number of halogens is 1. The van der Waals surface area contributed by atoms with Crippen LogP contribution in [0.1, 0.15) is 19.8 Å². The Morgan fingerprint density at radius 3 is 2.67 bits per heavy atom. The molecule has 2 aliphatic rings. The summed E-state index contributed by atoms with van der Waals surface area (Å²) >= 11 is 6.22. The molecule has 0 saturated heterocycles. The zero-order chi connectivity index (χ0) is 8.72. The van der Waals surface area contributed by atoms with E-state index in [1.165, 1.54) is 6.42 Å². The lowest BCUT2D eigenvalue weighted by Crippen LogP contribution is -2.21. The van der Waals surface area contributed by atoms with Gasteiger partial charge in [0.05, 0.1) is 0 Å². The van der Waals surface area contributed by atoms with Gasteiger partial charge in [-0.2, -0.15) is 0 Å². The van der Waals surface area contributed by atoms with Crippen molar-refractivity contribution in [3.63, 3.8) is 0 Å². The van der Waals surface area contributed by atoms with Crippen LogP contribution in [0.25, 0.3) is 0 Å². The molecule has 2 aliphatic carbocycles. The Kier molecular flexibility index (Phi) is 1.99. The van der Waals surface area contributed by atoms with E-state index >= 15 is 0 Å². The van der Waals surface area contributed by atoms with E-state index in [0.717, 1.165) is 0 Å². The van der Waals surface area contributed by atoms with Crippen LogP contribution in [-0.2, 0) is 4.79 Å². The van der Waals surface area contributed by atoms with Gasteiger partial charge < -0.3 is 4.79 Å². The molecule has 0 aliphatic heterocycles. The van der Waals surface area contributed by atoms with Crippen LogP contribution in [0.5, 0.6) is 0 Å². The highest BCUT2D eigenvalue weighted by molar-refractivity contribution is 6.21. The number of fused-ring (bicyclic) bond motifs is 2. The first-order valence-corrected chi connectivity index (χ1v) is 4.94. The minimum atomic E-state index is 0.212. The largest absolute Gasteiger partial charge is 0.300 e. The minimum absolute atomic E-state index is 0.212. The lowest BCUT2D eigenvalue weighted by molar-refractivity contribution is -0.118. The molecule has 4 atom stereocenters. The third-order valence-electron chi connectivity index (χ3n) is 3.04. The van der Waals surface area contributed by atoms with Gasteiger partial charge >= 0.3 is 0 Å². The first-order chi connectivity index (χ1) is 5.68. The molecule has 0 aromatic rings. The van der Waals surface area contributed by atoms with Crippen LogP contribution in [0.4, 0.5) is 0 Å². The predicted octanol–water partition coefficient (Wildman–Crippen LogP) is 2.40. The van der Waals surface area contributed by atoms with Gasteiger partial charge in [0.1, 0.15) is 5.78 Å². The summed E-state index contributed by atoms with van der Waals surface area (Å²) in [5, 5.41) is 0.212. The average Bonchev–Trinajstić information content (AvgIpc) is 2.53. The van der Waals surface area contributed by atoms with Gasteiger partial charge in [-0.05, 0) is 31.1 Å². The highest BCUT2D eigenvalue weighted by atomic mass is 35.5. The lowest BCUT2D eigenvalue weighted by atomic mass is 9.89. The van der Waals surface area contributed by atoms with Crippen LogP contribution in [-0.4, -0.2) is 11.2 Å². The molecule has 0 amide bonds. The maximum absolute atomic E-state index is 10.9. The second kappa shape index (κ2) is 2.88. The molecule has 0 N–H and O–H groups in total.